The second kappa shape index (κ2) is 4.41. The van der Waals surface area contributed by atoms with Crippen LogP contribution in [0, 0.1) is 0 Å². The van der Waals surface area contributed by atoms with Crippen molar-refractivity contribution < 1.29 is 4.79 Å². The Morgan fingerprint density at radius 2 is 2.18 bits per heavy atom. The molecule has 0 atom stereocenters. The number of nitrogens with one attached hydrogen (secondary N) is 1. The number of para-hydroxylation sites is 1. The van der Waals surface area contributed by atoms with Gasteiger partial charge in [-0.3, -0.25) is 9.48 Å². The van der Waals surface area contributed by atoms with E-state index in [0.29, 0.717) is 12.2 Å². The van der Waals surface area contributed by atoms with Gasteiger partial charge in [-0.05, 0) is 13.0 Å². The molecule has 4 nitrogen and oxygen atoms in total. The molecule has 2 aromatic rings. The lowest BCUT2D eigenvalue weighted by Gasteiger charge is -2.01. The highest BCUT2D eigenvalue weighted by molar-refractivity contribution is 6.04. The zero-order valence-electron chi connectivity index (χ0n) is 10.0. The van der Waals surface area contributed by atoms with Crippen LogP contribution in [0.25, 0.3) is 10.9 Å². The molecule has 4 heteroatoms. The normalized spacial score (nSPS) is 10.5. The lowest BCUT2D eigenvalue weighted by atomic mass is 10.2. The van der Waals surface area contributed by atoms with E-state index in [2.05, 4.69) is 17.0 Å². The summed E-state index contributed by atoms with van der Waals surface area (Å²) in [6.45, 7) is 6.10. The molecular weight excluding hydrogens is 214 g/mol. The van der Waals surface area contributed by atoms with Gasteiger partial charge in [0.15, 0.2) is 5.69 Å². The van der Waals surface area contributed by atoms with Crippen LogP contribution < -0.4 is 5.32 Å². The first-order valence-electron chi connectivity index (χ1n) is 5.44. The molecule has 1 aromatic heterocycles. The van der Waals surface area contributed by atoms with E-state index >= 15 is 0 Å². The minimum Gasteiger partial charge on any atom is -0.347 e. The maximum atomic E-state index is 11.9. The molecule has 88 valence electrons. The molecule has 0 spiro atoms. The van der Waals surface area contributed by atoms with Gasteiger partial charge in [0.2, 0.25) is 0 Å². The Balaban J connectivity index is 2.35. The Kier molecular flexibility index (Phi) is 2.95. The summed E-state index contributed by atoms with van der Waals surface area (Å²) >= 11 is 0. The largest absolute Gasteiger partial charge is 0.347 e. The van der Waals surface area contributed by atoms with Crippen molar-refractivity contribution in [2.24, 2.45) is 7.05 Å². The number of hydrogen-bond donors (Lipinski definition) is 1. The van der Waals surface area contributed by atoms with Crippen molar-refractivity contribution in [3.05, 3.63) is 42.1 Å². The lowest BCUT2D eigenvalue weighted by molar-refractivity contribution is 0.0953. The van der Waals surface area contributed by atoms with Crippen LogP contribution in [-0.4, -0.2) is 22.2 Å². The van der Waals surface area contributed by atoms with E-state index in [4.69, 9.17) is 0 Å². The van der Waals surface area contributed by atoms with Gasteiger partial charge >= 0.3 is 0 Å². The van der Waals surface area contributed by atoms with Crippen LogP contribution in [0.1, 0.15) is 17.4 Å². The molecular formula is C13H15N3O. The molecule has 0 aliphatic rings. The molecule has 1 N–H and O–H groups in total. The third-order valence-electron chi connectivity index (χ3n) is 2.52. The molecule has 0 unspecified atom stereocenters. The number of nitrogens with zero attached hydrogens (tertiary/aromatic N) is 2. The van der Waals surface area contributed by atoms with Crippen LogP contribution >= 0.6 is 0 Å². The second-order valence-electron chi connectivity index (χ2n) is 4.13. The highest BCUT2D eigenvalue weighted by Crippen LogP contribution is 2.17. The molecule has 1 aromatic carbocycles. The summed E-state index contributed by atoms with van der Waals surface area (Å²) in [6, 6.07) is 7.68. The number of fused-ring (bicyclic) bond motifs is 1. The third-order valence-corrected chi connectivity index (χ3v) is 2.52. The van der Waals surface area contributed by atoms with Gasteiger partial charge in [0.05, 0.1) is 5.52 Å². The van der Waals surface area contributed by atoms with E-state index in [1.807, 2.05) is 38.2 Å². The Bertz CT molecular complexity index is 583. The van der Waals surface area contributed by atoms with Gasteiger partial charge in [-0.25, -0.2) is 0 Å². The molecule has 0 aliphatic carbocycles. The van der Waals surface area contributed by atoms with Crippen molar-refractivity contribution in [3.63, 3.8) is 0 Å². The Morgan fingerprint density at radius 3 is 2.88 bits per heavy atom. The molecule has 1 heterocycles. The Morgan fingerprint density at radius 1 is 1.47 bits per heavy atom. The standard InChI is InChI=1S/C13H15N3O/c1-9(2)8-14-13(17)12-10-6-4-5-7-11(10)16(3)15-12/h4-7H,1,8H2,2-3H3,(H,14,17). The number of carbonyl (C=O) groups is 1. The highest BCUT2D eigenvalue weighted by Gasteiger charge is 2.14. The fourth-order valence-electron chi connectivity index (χ4n) is 1.70. The first kappa shape index (κ1) is 11.4. The number of hydrogen-bond acceptors (Lipinski definition) is 2. The summed E-state index contributed by atoms with van der Waals surface area (Å²) in [5.74, 6) is -0.162. The van der Waals surface area contributed by atoms with Gasteiger partial charge in [-0.15, -0.1) is 0 Å². The van der Waals surface area contributed by atoms with Gasteiger partial charge in [0.1, 0.15) is 0 Å². The monoisotopic (exact) mass is 229 g/mol. The Labute approximate surface area is 99.9 Å². The summed E-state index contributed by atoms with van der Waals surface area (Å²) < 4.78 is 1.71. The predicted octanol–water partition coefficient (Wildman–Crippen LogP) is 1.88. The van der Waals surface area contributed by atoms with Gasteiger partial charge < -0.3 is 5.32 Å². The number of aryl methyl sites for hydroxylation is 1. The first-order valence-corrected chi connectivity index (χ1v) is 5.44. The molecule has 1 amide bonds. The quantitative estimate of drug-likeness (QED) is 0.817. The van der Waals surface area contributed by atoms with Crippen LogP contribution in [0.2, 0.25) is 0 Å². The van der Waals surface area contributed by atoms with Crippen molar-refractivity contribution in [2.75, 3.05) is 6.54 Å². The van der Waals surface area contributed by atoms with E-state index in [9.17, 15) is 4.79 Å². The van der Waals surface area contributed by atoms with Gasteiger partial charge in [0, 0.05) is 19.0 Å². The number of carbonyl (C=O) groups excluding carboxylic acids is 1. The first-order chi connectivity index (χ1) is 8.09. The Hall–Kier alpha value is -2.10. The lowest BCUT2D eigenvalue weighted by Crippen LogP contribution is -2.25. The summed E-state index contributed by atoms with van der Waals surface area (Å²) in [4.78, 5) is 11.9. The average Bonchev–Trinajstić information content (AvgIpc) is 2.65. The van der Waals surface area contributed by atoms with E-state index in [1.54, 1.807) is 4.68 Å². The van der Waals surface area contributed by atoms with Crippen LogP contribution in [0.5, 0.6) is 0 Å². The molecule has 0 aliphatic heterocycles. The van der Waals surface area contributed by atoms with Crippen molar-refractivity contribution >= 4 is 16.8 Å². The number of benzene rings is 1. The average molecular weight is 229 g/mol. The van der Waals surface area contributed by atoms with Gasteiger partial charge in [-0.2, -0.15) is 5.10 Å². The van der Waals surface area contributed by atoms with Crippen molar-refractivity contribution in [1.82, 2.24) is 15.1 Å². The van der Waals surface area contributed by atoms with Crippen LogP contribution in [0.3, 0.4) is 0 Å². The van der Waals surface area contributed by atoms with Gasteiger partial charge in [-0.1, -0.05) is 30.4 Å². The van der Waals surface area contributed by atoms with Crippen molar-refractivity contribution in [3.8, 4) is 0 Å². The summed E-state index contributed by atoms with van der Waals surface area (Å²) in [5, 5.41) is 7.90. The van der Waals surface area contributed by atoms with Crippen LogP contribution in [0.15, 0.2) is 36.4 Å². The topological polar surface area (TPSA) is 46.9 Å². The number of aromatic nitrogens is 2. The van der Waals surface area contributed by atoms with E-state index in [0.717, 1.165) is 16.5 Å². The SMILES string of the molecule is C=C(C)CNC(=O)c1nn(C)c2ccccc12. The maximum absolute atomic E-state index is 11.9. The summed E-state index contributed by atoms with van der Waals surface area (Å²) in [5.41, 5.74) is 2.33. The molecule has 0 saturated carbocycles. The smallest absolute Gasteiger partial charge is 0.272 e. The predicted molar refractivity (Wildman–Crippen MR) is 67.9 cm³/mol. The third kappa shape index (κ3) is 2.20. The highest BCUT2D eigenvalue weighted by atomic mass is 16.1. The van der Waals surface area contributed by atoms with E-state index in [1.165, 1.54) is 0 Å². The number of amides is 1. The molecule has 0 saturated heterocycles. The van der Waals surface area contributed by atoms with E-state index in [-0.39, 0.29) is 5.91 Å². The van der Waals surface area contributed by atoms with E-state index < -0.39 is 0 Å². The van der Waals surface area contributed by atoms with Gasteiger partial charge in [0.25, 0.3) is 5.91 Å². The molecule has 0 fully saturated rings. The van der Waals surface area contributed by atoms with Crippen LogP contribution in [-0.2, 0) is 7.05 Å². The summed E-state index contributed by atoms with van der Waals surface area (Å²) in [6.07, 6.45) is 0. The molecule has 0 bridgehead atoms. The minimum atomic E-state index is -0.162. The second-order valence-corrected chi connectivity index (χ2v) is 4.13. The molecule has 17 heavy (non-hydrogen) atoms. The fraction of sp³-hybridized carbons (Fsp3) is 0.231. The number of rotatable bonds is 3. The molecule has 2 rings (SSSR count). The zero-order chi connectivity index (χ0) is 12.4. The van der Waals surface area contributed by atoms with Crippen LogP contribution in [0.4, 0.5) is 0 Å². The fourth-order valence-corrected chi connectivity index (χ4v) is 1.70. The van der Waals surface area contributed by atoms with Crippen molar-refractivity contribution in [2.45, 2.75) is 6.92 Å². The summed E-state index contributed by atoms with van der Waals surface area (Å²) in [7, 11) is 1.83. The zero-order valence-corrected chi connectivity index (χ0v) is 10.0. The van der Waals surface area contributed by atoms with Crippen molar-refractivity contribution in [1.29, 1.82) is 0 Å². The maximum Gasteiger partial charge on any atom is 0.272 e. The molecule has 0 radical (unpaired) electrons. The minimum absolute atomic E-state index is 0.162.